The van der Waals surface area contributed by atoms with E-state index in [0.717, 1.165) is 24.5 Å². The first-order chi connectivity index (χ1) is 11.2. The van der Waals surface area contributed by atoms with E-state index in [1.165, 1.54) is 18.5 Å². The summed E-state index contributed by atoms with van der Waals surface area (Å²) in [6.07, 6.45) is 4.19. The molecule has 1 aliphatic heterocycles. The van der Waals surface area contributed by atoms with Crippen molar-refractivity contribution in [3.05, 3.63) is 48.4 Å². The molecule has 0 radical (unpaired) electrons. The summed E-state index contributed by atoms with van der Waals surface area (Å²) >= 11 is 0. The minimum Gasteiger partial charge on any atom is -0.463 e. The summed E-state index contributed by atoms with van der Waals surface area (Å²) in [7, 11) is 0. The number of furan rings is 1. The van der Waals surface area contributed by atoms with Crippen molar-refractivity contribution in [2.24, 2.45) is 0 Å². The Kier molecular flexibility index (Phi) is 4.98. The van der Waals surface area contributed by atoms with Gasteiger partial charge in [-0.15, -0.1) is 0 Å². The van der Waals surface area contributed by atoms with Crippen molar-refractivity contribution in [2.45, 2.75) is 25.8 Å². The van der Waals surface area contributed by atoms with Crippen LogP contribution in [0.2, 0.25) is 0 Å². The summed E-state index contributed by atoms with van der Waals surface area (Å²) in [4.78, 5) is 14.4. The lowest BCUT2D eigenvalue weighted by Gasteiger charge is -2.17. The molecule has 1 amide bonds. The standard InChI is InChI=1S/C18H23N3O2/c1-14(17-5-4-12-23-17)19-13-18(22)20-15-6-8-16(9-7-15)21-10-2-3-11-21/h4-9,12,14,19H,2-3,10-11,13H2,1H3,(H,20,22)/p+1/t14-/m0/s1. The van der Waals surface area contributed by atoms with Crippen LogP contribution < -0.4 is 15.5 Å². The van der Waals surface area contributed by atoms with Crippen molar-refractivity contribution in [3.63, 3.8) is 0 Å². The van der Waals surface area contributed by atoms with Gasteiger partial charge in [-0.3, -0.25) is 4.79 Å². The second kappa shape index (κ2) is 7.33. The van der Waals surface area contributed by atoms with Crippen molar-refractivity contribution >= 4 is 17.3 Å². The maximum absolute atomic E-state index is 12.0. The Hall–Kier alpha value is -2.27. The van der Waals surface area contributed by atoms with Gasteiger partial charge < -0.3 is 20.0 Å². The molecule has 3 rings (SSSR count). The number of nitrogens with zero attached hydrogens (tertiary/aromatic N) is 1. The SMILES string of the molecule is C[C@H]([NH2+]CC(=O)Nc1ccc(N2CCCC2)cc1)c1ccco1. The smallest absolute Gasteiger partial charge is 0.279 e. The molecule has 0 spiro atoms. The molecule has 1 aromatic heterocycles. The zero-order valence-electron chi connectivity index (χ0n) is 13.5. The summed E-state index contributed by atoms with van der Waals surface area (Å²) in [6.45, 7) is 4.66. The number of quaternary nitrogens is 1. The van der Waals surface area contributed by atoms with Crippen LogP contribution in [0.15, 0.2) is 47.1 Å². The molecule has 5 nitrogen and oxygen atoms in total. The first-order valence-corrected chi connectivity index (χ1v) is 8.24. The third-order valence-corrected chi connectivity index (χ3v) is 4.27. The Bertz CT molecular complexity index is 616. The Morgan fingerprint density at radius 2 is 2.00 bits per heavy atom. The van der Waals surface area contributed by atoms with Crippen molar-refractivity contribution in [3.8, 4) is 0 Å². The van der Waals surface area contributed by atoms with Gasteiger partial charge in [-0.05, 0) is 56.2 Å². The fourth-order valence-electron chi connectivity index (χ4n) is 2.89. The summed E-state index contributed by atoms with van der Waals surface area (Å²) in [5.74, 6) is 0.880. The van der Waals surface area contributed by atoms with Crippen LogP contribution in [0.1, 0.15) is 31.6 Å². The Morgan fingerprint density at radius 3 is 2.65 bits per heavy atom. The van der Waals surface area contributed by atoms with E-state index >= 15 is 0 Å². The van der Waals surface area contributed by atoms with Gasteiger partial charge in [-0.2, -0.15) is 0 Å². The summed E-state index contributed by atoms with van der Waals surface area (Å²) in [5.41, 5.74) is 2.08. The molecule has 1 fully saturated rings. The highest BCUT2D eigenvalue weighted by Gasteiger charge is 2.14. The van der Waals surface area contributed by atoms with Gasteiger partial charge in [0.25, 0.3) is 5.91 Å². The highest BCUT2D eigenvalue weighted by atomic mass is 16.3. The van der Waals surface area contributed by atoms with Crippen molar-refractivity contribution < 1.29 is 14.5 Å². The quantitative estimate of drug-likeness (QED) is 0.859. The van der Waals surface area contributed by atoms with Crippen molar-refractivity contribution in [1.29, 1.82) is 0 Å². The molecule has 1 atom stereocenters. The fourth-order valence-corrected chi connectivity index (χ4v) is 2.89. The number of benzene rings is 1. The molecule has 23 heavy (non-hydrogen) atoms. The van der Waals surface area contributed by atoms with Gasteiger partial charge in [0.05, 0.1) is 6.26 Å². The lowest BCUT2D eigenvalue weighted by molar-refractivity contribution is -0.684. The zero-order valence-corrected chi connectivity index (χ0v) is 13.5. The number of hydrogen-bond donors (Lipinski definition) is 2. The maximum atomic E-state index is 12.0. The average Bonchev–Trinajstić information content (AvgIpc) is 3.26. The number of nitrogens with one attached hydrogen (secondary N) is 1. The zero-order chi connectivity index (χ0) is 16.1. The van der Waals surface area contributed by atoms with Gasteiger partial charge in [-0.25, -0.2) is 0 Å². The van der Waals surface area contributed by atoms with Crippen LogP contribution in [-0.4, -0.2) is 25.5 Å². The van der Waals surface area contributed by atoms with Crippen molar-refractivity contribution in [2.75, 3.05) is 29.9 Å². The summed E-state index contributed by atoms with van der Waals surface area (Å²) in [5, 5.41) is 4.91. The molecular weight excluding hydrogens is 290 g/mol. The van der Waals surface area contributed by atoms with Gasteiger partial charge in [0.15, 0.2) is 12.3 Å². The Balaban J connectivity index is 1.47. The molecule has 0 aliphatic carbocycles. The van der Waals surface area contributed by atoms with Gasteiger partial charge in [0.2, 0.25) is 0 Å². The number of carbonyl (C=O) groups excluding carboxylic acids is 1. The molecule has 2 aromatic rings. The number of amides is 1. The number of anilines is 2. The largest absolute Gasteiger partial charge is 0.463 e. The lowest BCUT2D eigenvalue weighted by atomic mass is 10.2. The molecule has 5 heteroatoms. The van der Waals surface area contributed by atoms with Gasteiger partial charge >= 0.3 is 0 Å². The summed E-state index contributed by atoms with van der Waals surface area (Å²) in [6, 6.07) is 12.0. The molecule has 122 valence electrons. The minimum atomic E-state index is -0.00247. The monoisotopic (exact) mass is 314 g/mol. The third-order valence-electron chi connectivity index (χ3n) is 4.27. The normalized spacial score (nSPS) is 15.6. The predicted octanol–water partition coefficient (Wildman–Crippen LogP) is 2.14. The van der Waals surface area contributed by atoms with Gasteiger partial charge in [0, 0.05) is 24.5 Å². The topological polar surface area (TPSA) is 62.1 Å². The molecule has 1 aliphatic rings. The van der Waals surface area contributed by atoms with E-state index < -0.39 is 0 Å². The molecule has 1 aromatic carbocycles. The molecule has 3 N–H and O–H groups in total. The minimum absolute atomic E-state index is 0.00247. The van der Waals surface area contributed by atoms with Crippen LogP contribution in [-0.2, 0) is 4.79 Å². The van der Waals surface area contributed by atoms with Crippen LogP contribution in [0, 0.1) is 0 Å². The second-order valence-electron chi connectivity index (χ2n) is 6.03. The summed E-state index contributed by atoms with van der Waals surface area (Å²) < 4.78 is 5.34. The Morgan fingerprint density at radius 1 is 1.26 bits per heavy atom. The van der Waals surface area contributed by atoms with E-state index in [4.69, 9.17) is 4.42 Å². The average molecular weight is 314 g/mol. The number of rotatable bonds is 6. The predicted molar refractivity (Wildman–Crippen MR) is 90.4 cm³/mol. The second-order valence-corrected chi connectivity index (χ2v) is 6.03. The fraction of sp³-hybridized carbons (Fsp3) is 0.389. The maximum Gasteiger partial charge on any atom is 0.279 e. The molecule has 0 unspecified atom stereocenters. The third kappa shape index (κ3) is 4.13. The van der Waals surface area contributed by atoms with Crippen molar-refractivity contribution in [1.82, 2.24) is 0 Å². The first kappa shape index (κ1) is 15.6. The lowest BCUT2D eigenvalue weighted by Crippen LogP contribution is -2.86. The molecule has 0 bridgehead atoms. The molecular formula is C18H24N3O2+. The molecule has 0 saturated carbocycles. The van der Waals surface area contributed by atoms with Gasteiger partial charge in [0.1, 0.15) is 6.04 Å². The number of hydrogen-bond acceptors (Lipinski definition) is 3. The highest BCUT2D eigenvalue weighted by Crippen LogP contribution is 2.21. The van der Waals surface area contributed by atoms with Gasteiger partial charge in [-0.1, -0.05) is 0 Å². The highest BCUT2D eigenvalue weighted by molar-refractivity contribution is 5.91. The molecule has 2 heterocycles. The first-order valence-electron chi connectivity index (χ1n) is 8.24. The van der Waals surface area contributed by atoms with Crippen LogP contribution in [0.25, 0.3) is 0 Å². The van der Waals surface area contributed by atoms with Crippen LogP contribution in [0.5, 0.6) is 0 Å². The van der Waals surface area contributed by atoms with E-state index in [1.54, 1.807) is 6.26 Å². The van der Waals surface area contributed by atoms with Crippen LogP contribution in [0.3, 0.4) is 0 Å². The Labute approximate surface area is 136 Å². The van der Waals surface area contributed by atoms with E-state index in [9.17, 15) is 4.79 Å². The van der Waals surface area contributed by atoms with E-state index in [1.807, 2.05) is 36.5 Å². The van der Waals surface area contributed by atoms with Crippen LogP contribution in [0.4, 0.5) is 11.4 Å². The van der Waals surface area contributed by atoms with E-state index in [2.05, 4.69) is 22.3 Å². The number of nitrogens with two attached hydrogens (primary N) is 1. The van der Waals surface area contributed by atoms with E-state index in [0.29, 0.717) is 6.54 Å². The van der Waals surface area contributed by atoms with Crippen LogP contribution >= 0.6 is 0 Å². The van der Waals surface area contributed by atoms with E-state index in [-0.39, 0.29) is 11.9 Å². The number of carbonyl (C=O) groups is 1. The molecule has 1 saturated heterocycles.